The van der Waals surface area contributed by atoms with Crippen molar-refractivity contribution < 1.29 is 9.53 Å². The molecule has 0 aliphatic rings. The largest absolute Gasteiger partial charge is 0.466 e. The first-order valence-electron chi connectivity index (χ1n) is 6.97. The Labute approximate surface area is 123 Å². The van der Waals surface area contributed by atoms with Crippen molar-refractivity contribution in [2.24, 2.45) is 0 Å². The van der Waals surface area contributed by atoms with Crippen LogP contribution in [0.15, 0.2) is 5.16 Å². The lowest BCUT2D eigenvalue weighted by molar-refractivity contribution is -0.143. The summed E-state index contributed by atoms with van der Waals surface area (Å²) in [5.74, 6) is 0.860. The van der Waals surface area contributed by atoms with Gasteiger partial charge in [-0.3, -0.25) is 4.79 Å². The number of nitrogens with one attached hydrogen (secondary N) is 1. The summed E-state index contributed by atoms with van der Waals surface area (Å²) in [6, 6.07) is 0. The van der Waals surface area contributed by atoms with E-state index >= 15 is 0 Å². The first-order chi connectivity index (χ1) is 9.77. The number of unbranched alkanes of at least 4 members (excludes halogenated alkanes) is 2. The number of rotatable bonds is 11. The molecule has 0 fully saturated rings. The summed E-state index contributed by atoms with van der Waals surface area (Å²) in [6.07, 6.45) is 3.45. The lowest BCUT2D eigenvalue weighted by atomic mass is 10.2. The first kappa shape index (κ1) is 16.9. The minimum Gasteiger partial charge on any atom is -0.466 e. The van der Waals surface area contributed by atoms with E-state index in [9.17, 15) is 4.79 Å². The molecular weight excluding hydrogens is 278 g/mol. The maximum Gasteiger partial charge on any atom is 0.305 e. The van der Waals surface area contributed by atoms with Gasteiger partial charge >= 0.3 is 5.97 Å². The van der Waals surface area contributed by atoms with E-state index in [1.165, 1.54) is 0 Å². The summed E-state index contributed by atoms with van der Waals surface area (Å²) in [5.41, 5.74) is 0. The molecule has 0 saturated heterocycles. The minimum atomic E-state index is -0.101. The molecule has 0 unspecified atom stereocenters. The number of ether oxygens (including phenoxy) is 1. The maximum absolute atomic E-state index is 11.1. The van der Waals surface area contributed by atoms with Gasteiger partial charge in [-0.1, -0.05) is 18.2 Å². The van der Waals surface area contributed by atoms with Crippen LogP contribution in [0, 0.1) is 0 Å². The lowest BCUT2D eigenvalue weighted by Crippen LogP contribution is -2.16. The van der Waals surface area contributed by atoms with E-state index in [-0.39, 0.29) is 5.97 Å². The second-order valence-electron chi connectivity index (χ2n) is 4.25. The van der Waals surface area contributed by atoms with Crippen LogP contribution in [0.25, 0.3) is 0 Å². The van der Waals surface area contributed by atoms with Gasteiger partial charge in [0.05, 0.1) is 13.2 Å². The number of tetrazole rings is 1. The van der Waals surface area contributed by atoms with E-state index in [0.717, 1.165) is 43.3 Å². The topological polar surface area (TPSA) is 81.9 Å². The Kier molecular flexibility index (Phi) is 8.97. The number of hydrogen-bond acceptors (Lipinski definition) is 7. The molecule has 0 saturated carbocycles. The van der Waals surface area contributed by atoms with Gasteiger partial charge in [-0.2, -0.15) is 0 Å². The number of likely N-dealkylation sites (N-methyl/N-ethyl adjacent to an activating group) is 1. The van der Waals surface area contributed by atoms with Crippen LogP contribution in [-0.2, 0) is 16.1 Å². The zero-order valence-corrected chi connectivity index (χ0v) is 13.0. The number of thioether (sulfide) groups is 1. The molecule has 1 N–H and O–H groups in total. The third-order valence-electron chi connectivity index (χ3n) is 2.63. The van der Waals surface area contributed by atoms with Crippen LogP contribution in [0.1, 0.15) is 32.6 Å². The Morgan fingerprint density at radius 3 is 3.00 bits per heavy atom. The molecule has 1 heterocycles. The van der Waals surface area contributed by atoms with Crippen LogP contribution >= 0.6 is 11.8 Å². The molecule has 8 heteroatoms. The normalized spacial score (nSPS) is 10.7. The molecule has 1 rings (SSSR count). The average molecular weight is 301 g/mol. The fraction of sp³-hybridized carbons (Fsp3) is 0.833. The van der Waals surface area contributed by atoms with E-state index < -0.39 is 0 Å². The molecular formula is C12H23N5O2S. The molecule has 114 valence electrons. The number of nitrogens with zero attached hydrogens (tertiary/aromatic N) is 4. The Morgan fingerprint density at radius 2 is 2.25 bits per heavy atom. The molecule has 20 heavy (non-hydrogen) atoms. The second-order valence-corrected chi connectivity index (χ2v) is 5.31. The Hall–Kier alpha value is -1.15. The van der Waals surface area contributed by atoms with Crippen molar-refractivity contribution in [3.63, 3.8) is 0 Å². The molecule has 1 aromatic rings. The van der Waals surface area contributed by atoms with Gasteiger partial charge in [0.15, 0.2) is 0 Å². The molecule has 0 aliphatic heterocycles. The molecule has 1 aromatic heterocycles. The average Bonchev–Trinajstić information content (AvgIpc) is 2.88. The van der Waals surface area contributed by atoms with Gasteiger partial charge in [0.25, 0.3) is 0 Å². The number of esters is 1. The number of carbonyl (C=O) groups excluding carboxylic acids is 1. The predicted molar refractivity (Wildman–Crippen MR) is 77.6 cm³/mol. The van der Waals surface area contributed by atoms with Gasteiger partial charge in [-0.05, 0) is 37.2 Å². The molecule has 0 aliphatic carbocycles. The highest BCUT2D eigenvalue weighted by molar-refractivity contribution is 7.99. The van der Waals surface area contributed by atoms with Crippen LogP contribution in [0.5, 0.6) is 0 Å². The Morgan fingerprint density at radius 1 is 1.40 bits per heavy atom. The lowest BCUT2D eigenvalue weighted by Gasteiger charge is -2.04. The quantitative estimate of drug-likeness (QED) is 0.372. The standard InChI is InChI=1S/C12H23N5O2S/c1-3-19-11(18)7-5-4-6-10-20-12-14-15-16-17(12)9-8-13-2/h13H,3-10H2,1-2H3. The van der Waals surface area contributed by atoms with Gasteiger partial charge in [-0.25, -0.2) is 4.68 Å². The molecule has 7 nitrogen and oxygen atoms in total. The maximum atomic E-state index is 11.1. The Bertz CT molecular complexity index is 386. The van der Waals surface area contributed by atoms with E-state index in [4.69, 9.17) is 4.74 Å². The predicted octanol–water partition coefficient (Wildman–Crippen LogP) is 1.11. The van der Waals surface area contributed by atoms with Crippen molar-refractivity contribution >= 4 is 17.7 Å². The highest BCUT2D eigenvalue weighted by Crippen LogP contribution is 2.16. The first-order valence-corrected chi connectivity index (χ1v) is 7.95. The number of hydrogen-bond donors (Lipinski definition) is 1. The van der Waals surface area contributed by atoms with Crippen LogP contribution in [-0.4, -0.2) is 52.1 Å². The van der Waals surface area contributed by atoms with Crippen molar-refractivity contribution in [2.45, 2.75) is 44.3 Å². The number of carbonyl (C=O) groups is 1. The van der Waals surface area contributed by atoms with Crippen molar-refractivity contribution in [1.29, 1.82) is 0 Å². The smallest absolute Gasteiger partial charge is 0.305 e. The van der Waals surface area contributed by atoms with Gasteiger partial charge in [-0.15, -0.1) is 5.10 Å². The van der Waals surface area contributed by atoms with E-state index in [1.807, 2.05) is 14.0 Å². The van der Waals surface area contributed by atoms with Gasteiger partial charge in [0, 0.05) is 18.7 Å². The van der Waals surface area contributed by atoms with E-state index in [2.05, 4.69) is 20.8 Å². The Balaban J connectivity index is 2.09. The van der Waals surface area contributed by atoms with Gasteiger partial charge in [0.2, 0.25) is 5.16 Å². The summed E-state index contributed by atoms with van der Waals surface area (Å²) in [7, 11) is 1.90. The van der Waals surface area contributed by atoms with Crippen LogP contribution < -0.4 is 5.32 Å². The monoisotopic (exact) mass is 301 g/mol. The third-order valence-corrected chi connectivity index (χ3v) is 3.68. The SMILES string of the molecule is CCOC(=O)CCCCCSc1nnnn1CCNC. The molecule has 0 spiro atoms. The summed E-state index contributed by atoms with van der Waals surface area (Å²) < 4.78 is 6.69. The molecule has 0 amide bonds. The van der Waals surface area contributed by atoms with Crippen LogP contribution in [0.3, 0.4) is 0 Å². The van der Waals surface area contributed by atoms with Crippen LogP contribution in [0.4, 0.5) is 0 Å². The zero-order chi connectivity index (χ0) is 14.6. The summed E-state index contributed by atoms with van der Waals surface area (Å²) in [6.45, 7) is 3.91. The summed E-state index contributed by atoms with van der Waals surface area (Å²) in [5, 5.41) is 15.6. The highest BCUT2D eigenvalue weighted by atomic mass is 32.2. The summed E-state index contributed by atoms with van der Waals surface area (Å²) >= 11 is 1.66. The molecule has 0 bridgehead atoms. The van der Waals surface area contributed by atoms with Crippen molar-refractivity contribution in [2.75, 3.05) is 26.0 Å². The second kappa shape index (κ2) is 10.6. The summed E-state index contributed by atoms with van der Waals surface area (Å²) in [4.78, 5) is 11.1. The van der Waals surface area contributed by atoms with Crippen molar-refractivity contribution in [3.8, 4) is 0 Å². The molecule has 0 atom stereocenters. The highest BCUT2D eigenvalue weighted by Gasteiger charge is 2.06. The minimum absolute atomic E-state index is 0.101. The van der Waals surface area contributed by atoms with Gasteiger partial charge < -0.3 is 10.1 Å². The number of aromatic nitrogens is 4. The van der Waals surface area contributed by atoms with Crippen LogP contribution in [0.2, 0.25) is 0 Å². The van der Waals surface area contributed by atoms with Crippen molar-refractivity contribution in [1.82, 2.24) is 25.5 Å². The molecule has 0 aromatic carbocycles. The van der Waals surface area contributed by atoms with E-state index in [0.29, 0.717) is 13.0 Å². The zero-order valence-electron chi connectivity index (χ0n) is 12.2. The van der Waals surface area contributed by atoms with E-state index in [1.54, 1.807) is 16.4 Å². The van der Waals surface area contributed by atoms with Gasteiger partial charge in [0.1, 0.15) is 0 Å². The fourth-order valence-electron chi connectivity index (χ4n) is 1.60. The van der Waals surface area contributed by atoms with Crippen molar-refractivity contribution in [3.05, 3.63) is 0 Å². The third kappa shape index (κ3) is 6.85. The fourth-order valence-corrected chi connectivity index (χ4v) is 2.50. The molecule has 0 radical (unpaired) electrons.